The molecular formula is C17H17ClFN5O. The van der Waals surface area contributed by atoms with Crippen LogP contribution in [0.5, 0.6) is 0 Å². The standard InChI is InChI=1S/C17H17ClFN5O/c1-3-23-9-12(11(2)21-23)17(25)20-16-7-8-24(22-16)10-13-14(18)5-4-6-15(13)19/h4-9H,3,10H2,1-2H3,(H,20,22,25). The Morgan fingerprint density at radius 1 is 1.28 bits per heavy atom. The van der Waals surface area contributed by atoms with Gasteiger partial charge in [0.25, 0.3) is 5.91 Å². The fourth-order valence-corrected chi connectivity index (χ4v) is 2.67. The summed E-state index contributed by atoms with van der Waals surface area (Å²) in [7, 11) is 0. The molecule has 6 nitrogen and oxygen atoms in total. The first-order chi connectivity index (χ1) is 12.0. The second kappa shape index (κ2) is 7.06. The minimum Gasteiger partial charge on any atom is -0.305 e. The lowest BCUT2D eigenvalue weighted by Crippen LogP contribution is -2.13. The Kier molecular flexibility index (Phi) is 4.85. The van der Waals surface area contributed by atoms with E-state index in [9.17, 15) is 9.18 Å². The van der Waals surface area contributed by atoms with Gasteiger partial charge in [-0.2, -0.15) is 10.2 Å². The molecule has 0 radical (unpaired) electrons. The van der Waals surface area contributed by atoms with Gasteiger partial charge in [-0.05, 0) is 26.0 Å². The number of rotatable bonds is 5. The summed E-state index contributed by atoms with van der Waals surface area (Å²) in [5.41, 5.74) is 1.50. The van der Waals surface area contributed by atoms with Crippen LogP contribution >= 0.6 is 11.6 Å². The molecule has 0 aliphatic carbocycles. The van der Waals surface area contributed by atoms with Crippen LogP contribution in [-0.4, -0.2) is 25.5 Å². The molecule has 0 fully saturated rings. The molecule has 1 N–H and O–H groups in total. The second-order valence-corrected chi connectivity index (χ2v) is 5.94. The van der Waals surface area contributed by atoms with E-state index in [1.165, 1.54) is 10.7 Å². The predicted octanol–water partition coefficient (Wildman–Crippen LogP) is 3.50. The zero-order valence-electron chi connectivity index (χ0n) is 13.8. The number of benzene rings is 1. The second-order valence-electron chi connectivity index (χ2n) is 5.54. The number of carbonyl (C=O) groups excluding carboxylic acids is 1. The molecule has 0 aliphatic heterocycles. The maximum atomic E-state index is 13.9. The number of hydrogen-bond acceptors (Lipinski definition) is 3. The van der Waals surface area contributed by atoms with Crippen LogP contribution < -0.4 is 5.32 Å². The van der Waals surface area contributed by atoms with E-state index in [1.54, 1.807) is 42.2 Å². The van der Waals surface area contributed by atoms with E-state index in [0.29, 0.717) is 34.2 Å². The van der Waals surface area contributed by atoms with E-state index < -0.39 is 5.82 Å². The molecule has 0 saturated carbocycles. The van der Waals surface area contributed by atoms with Crippen LogP contribution in [0.1, 0.15) is 28.5 Å². The van der Waals surface area contributed by atoms with E-state index in [0.717, 1.165) is 0 Å². The molecule has 8 heteroatoms. The van der Waals surface area contributed by atoms with E-state index in [1.807, 2.05) is 6.92 Å². The van der Waals surface area contributed by atoms with Crippen molar-refractivity contribution < 1.29 is 9.18 Å². The maximum absolute atomic E-state index is 13.9. The molecule has 0 bridgehead atoms. The molecule has 1 amide bonds. The van der Waals surface area contributed by atoms with Gasteiger partial charge in [0.15, 0.2) is 5.82 Å². The highest BCUT2D eigenvalue weighted by atomic mass is 35.5. The highest BCUT2D eigenvalue weighted by Gasteiger charge is 2.15. The molecule has 0 unspecified atom stereocenters. The predicted molar refractivity (Wildman–Crippen MR) is 93.3 cm³/mol. The largest absolute Gasteiger partial charge is 0.305 e. The Labute approximate surface area is 149 Å². The number of anilines is 1. The lowest BCUT2D eigenvalue weighted by molar-refractivity contribution is 0.102. The Morgan fingerprint density at radius 2 is 2.08 bits per heavy atom. The highest BCUT2D eigenvalue weighted by molar-refractivity contribution is 6.31. The van der Waals surface area contributed by atoms with Gasteiger partial charge in [0.1, 0.15) is 5.82 Å². The van der Waals surface area contributed by atoms with E-state index in [-0.39, 0.29) is 12.5 Å². The van der Waals surface area contributed by atoms with Gasteiger partial charge in [-0.1, -0.05) is 17.7 Å². The third kappa shape index (κ3) is 3.71. The molecule has 130 valence electrons. The number of aromatic nitrogens is 4. The molecule has 0 saturated heterocycles. The van der Waals surface area contributed by atoms with Crippen LogP contribution in [0.4, 0.5) is 10.2 Å². The molecule has 2 aromatic heterocycles. The minimum absolute atomic E-state index is 0.175. The fraction of sp³-hybridized carbons (Fsp3) is 0.235. The van der Waals surface area contributed by atoms with Crippen molar-refractivity contribution in [3.8, 4) is 0 Å². The molecule has 3 rings (SSSR count). The average Bonchev–Trinajstić information content (AvgIpc) is 3.17. The van der Waals surface area contributed by atoms with E-state index >= 15 is 0 Å². The third-order valence-corrected chi connectivity index (χ3v) is 4.13. The number of hydrogen-bond donors (Lipinski definition) is 1. The zero-order valence-corrected chi connectivity index (χ0v) is 14.6. The number of amides is 1. The minimum atomic E-state index is -0.392. The van der Waals surface area contributed by atoms with Crippen molar-refractivity contribution in [3.05, 3.63) is 64.3 Å². The first-order valence-electron chi connectivity index (χ1n) is 7.79. The lowest BCUT2D eigenvalue weighted by Gasteiger charge is -2.06. The van der Waals surface area contributed by atoms with Crippen LogP contribution in [0.15, 0.2) is 36.7 Å². The summed E-state index contributed by atoms with van der Waals surface area (Å²) in [5, 5.41) is 11.5. The SMILES string of the molecule is CCn1cc(C(=O)Nc2ccn(Cc3c(F)cccc3Cl)n2)c(C)n1. The van der Waals surface area contributed by atoms with Crippen LogP contribution in [0.3, 0.4) is 0 Å². The quantitative estimate of drug-likeness (QED) is 0.756. The number of nitrogens with one attached hydrogen (secondary N) is 1. The Morgan fingerprint density at radius 3 is 2.76 bits per heavy atom. The van der Waals surface area contributed by atoms with Crippen molar-refractivity contribution in [2.75, 3.05) is 5.32 Å². The summed E-state index contributed by atoms with van der Waals surface area (Å²) in [4.78, 5) is 12.3. The van der Waals surface area contributed by atoms with Crippen molar-refractivity contribution in [1.82, 2.24) is 19.6 Å². The molecule has 0 spiro atoms. The summed E-state index contributed by atoms with van der Waals surface area (Å²) in [6.45, 7) is 4.59. The molecule has 2 heterocycles. The van der Waals surface area contributed by atoms with Gasteiger partial charge in [-0.25, -0.2) is 4.39 Å². The average molecular weight is 362 g/mol. The molecular weight excluding hydrogens is 345 g/mol. The van der Waals surface area contributed by atoms with Crippen molar-refractivity contribution in [2.45, 2.75) is 26.9 Å². The van der Waals surface area contributed by atoms with Crippen molar-refractivity contribution in [2.24, 2.45) is 0 Å². The van der Waals surface area contributed by atoms with Crippen LogP contribution in [0.25, 0.3) is 0 Å². The molecule has 1 aromatic carbocycles. The smallest absolute Gasteiger partial charge is 0.260 e. The van der Waals surface area contributed by atoms with Crippen LogP contribution in [0, 0.1) is 12.7 Å². The summed E-state index contributed by atoms with van der Waals surface area (Å²) in [6.07, 6.45) is 3.35. The van der Waals surface area contributed by atoms with Gasteiger partial charge in [0.2, 0.25) is 0 Å². The summed E-state index contributed by atoms with van der Waals surface area (Å²) in [5.74, 6) is -0.302. The Hall–Kier alpha value is -2.67. The number of carbonyl (C=O) groups is 1. The Bertz CT molecular complexity index is 897. The monoisotopic (exact) mass is 361 g/mol. The van der Waals surface area contributed by atoms with Crippen LogP contribution in [-0.2, 0) is 13.1 Å². The summed E-state index contributed by atoms with van der Waals surface area (Å²) < 4.78 is 17.1. The van der Waals surface area contributed by atoms with E-state index in [4.69, 9.17) is 11.6 Å². The van der Waals surface area contributed by atoms with Crippen molar-refractivity contribution in [3.63, 3.8) is 0 Å². The van der Waals surface area contributed by atoms with Crippen molar-refractivity contribution >= 4 is 23.3 Å². The van der Waals surface area contributed by atoms with Gasteiger partial charge in [-0.3, -0.25) is 14.2 Å². The topological polar surface area (TPSA) is 64.7 Å². The zero-order chi connectivity index (χ0) is 18.0. The Balaban J connectivity index is 1.73. The number of halogens is 2. The highest BCUT2D eigenvalue weighted by Crippen LogP contribution is 2.20. The van der Waals surface area contributed by atoms with Gasteiger partial charge in [0.05, 0.1) is 17.8 Å². The first-order valence-corrected chi connectivity index (χ1v) is 8.17. The fourth-order valence-electron chi connectivity index (χ4n) is 2.45. The number of aryl methyl sites for hydroxylation is 2. The van der Waals surface area contributed by atoms with Gasteiger partial charge in [0, 0.05) is 35.6 Å². The van der Waals surface area contributed by atoms with E-state index in [2.05, 4.69) is 15.5 Å². The van der Waals surface area contributed by atoms with Gasteiger partial charge >= 0.3 is 0 Å². The summed E-state index contributed by atoms with van der Waals surface area (Å²) in [6, 6.07) is 6.17. The lowest BCUT2D eigenvalue weighted by atomic mass is 10.2. The molecule has 3 aromatic rings. The first kappa shape index (κ1) is 17.2. The van der Waals surface area contributed by atoms with Crippen molar-refractivity contribution in [1.29, 1.82) is 0 Å². The molecule has 0 aliphatic rings. The van der Waals surface area contributed by atoms with Gasteiger partial charge < -0.3 is 5.32 Å². The molecule has 0 atom stereocenters. The maximum Gasteiger partial charge on any atom is 0.260 e. The molecule has 25 heavy (non-hydrogen) atoms. The normalized spacial score (nSPS) is 10.9. The van der Waals surface area contributed by atoms with Gasteiger partial charge in [-0.15, -0.1) is 0 Å². The summed E-state index contributed by atoms with van der Waals surface area (Å²) >= 11 is 6.02. The third-order valence-electron chi connectivity index (χ3n) is 3.78. The number of nitrogens with zero attached hydrogens (tertiary/aromatic N) is 4. The van der Waals surface area contributed by atoms with Crippen LogP contribution in [0.2, 0.25) is 5.02 Å².